The molecule has 0 aliphatic carbocycles. The first-order valence-electron chi connectivity index (χ1n) is 3.51. The van der Waals surface area contributed by atoms with E-state index < -0.39 is 0 Å². The van der Waals surface area contributed by atoms with Crippen molar-refractivity contribution in [2.75, 3.05) is 13.2 Å². The highest BCUT2D eigenvalue weighted by molar-refractivity contribution is 5.32. The molecule has 2 nitrogen and oxygen atoms in total. The summed E-state index contributed by atoms with van der Waals surface area (Å²) in [6, 6.07) is 0. The molecule has 0 saturated carbocycles. The number of rotatable bonds is 6. The van der Waals surface area contributed by atoms with E-state index in [0.29, 0.717) is 13.0 Å². The van der Waals surface area contributed by atoms with E-state index in [1.807, 2.05) is 0 Å². The van der Waals surface area contributed by atoms with Crippen LogP contribution in [0.15, 0.2) is 4.99 Å². The van der Waals surface area contributed by atoms with Crippen molar-refractivity contribution in [2.24, 2.45) is 4.99 Å². The summed E-state index contributed by atoms with van der Waals surface area (Å²) in [7, 11) is 0. The molecule has 0 aliphatic rings. The number of alkyl halides is 1. The predicted molar refractivity (Wildman–Crippen MR) is 37.4 cm³/mol. The highest BCUT2D eigenvalue weighted by atomic mass is 19.1. The van der Waals surface area contributed by atoms with Gasteiger partial charge in [-0.15, -0.1) is 0 Å². The summed E-state index contributed by atoms with van der Waals surface area (Å²) in [6.07, 6.45) is 4.81. The lowest BCUT2D eigenvalue weighted by Gasteiger charge is -1.92. The van der Waals surface area contributed by atoms with Gasteiger partial charge >= 0.3 is 0 Å². The maximum absolute atomic E-state index is 11.5. The lowest BCUT2D eigenvalue weighted by atomic mass is 10.2. The number of hydrogen-bond donors (Lipinski definition) is 0. The van der Waals surface area contributed by atoms with Gasteiger partial charge in [-0.3, -0.25) is 4.39 Å². The van der Waals surface area contributed by atoms with E-state index in [0.717, 1.165) is 19.3 Å². The molecule has 3 heteroatoms. The molecule has 0 atom stereocenters. The molecular weight excluding hydrogens is 133 g/mol. The molecule has 10 heavy (non-hydrogen) atoms. The van der Waals surface area contributed by atoms with Crippen LogP contribution in [0.5, 0.6) is 0 Å². The van der Waals surface area contributed by atoms with Crippen LogP contribution in [-0.4, -0.2) is 19.3 Å². The number of isocyanates is 1. The van der Waals surface area contributed by atoms with Crippen LogP contribution >= 0.6 is 0 Å². The molecule has 0 aromatic rings. The third-order valence-corrected chi connectivity index (χ3v) is 1.22. The highest BCUT2D eigenvalue weighted by Crippen LogP contribution is 1.99. The fourth-order valence-corrected chi connectivity index (χ4v) is 0.685. The average Bonchev–Trinajstić information content (AvgIpc) is 1.97. The molecule has 0 rings (SSSR count). The summed E-state index contributed by atoms with van der Waals surface area (Å²) in [6.45, 7) is 0.298. The van der Waals surface area contributed by atoms with Crippen LogP contribution in [0.25, 0.3) is 0 Å². The van der Waals surface area contributed by atoms with E-state index >= 15 is 0 Å². The van der Waals surface area contributed by atoms with Crippen molar-refractivity contribution in [1.29, 1.82) is 0 Å². The fourth-order valence-electron chi connectivity index (χ4n) is 0.685. The third kappa shape index (κ3) is 7.31. The molecule has 0 aromatic carbocycles. The van der Waals surface area contributed by atoms with Gasteiger partial charge in [0.15, 0.2) is 0 Å². The molecule has 0 aromatic heterocycles. The molecule has 0 radical (unpaired) electrons. The number of nitrogens with zero attached hydrogens (tertiary/aromatic N) is 1. The molecule has 0 fully saturated rings. The topological polar surface area (TPSA) is 29.4 Å². The van der Waals surface area contributed by atoms with Crippen LogP contribution in [0.4, 0.5) is 4.39 Å². The van der Waals surface area contributed by atoms with Crippen LogP contribution in [0.1, 0.15) is 25.7 Å². The Labute approximate surface area is 60.2 Å². The maximum atomic E-state index is 11.5. The largest absolute Gasteiger partial charge is 0.251 e. The van der Waals surface area contributed by atoms with Gasteiger partial charge in [0.05, 0.1) is 13.2 Å². The summed E-state index contributed by atoms with van der Waals surface area (Å²) in [5.74, 6) is 0. The zero-order valence-electron chi connectivity index (χ0n) is 5.98. The second kappa shape index (κ2) is 8.31. The third-order valence-electron chi connectivity index (χ3n) is 1.22. The zero-order valence-corrected chi connectivity index (χ0v) is 5.98. The van der Waals surface area contributed by atoms with Gasteiger partial charge in [0.2, 0.25) is 6.08 Å². The Morgan fingerprint density at radius 1 is 1.20 bits per heavy atom. The van der Waals surface area contributed by atoms with Gasteiger partial charge in [0, 0.05) is 0 Å². The smallest absolute Gasteiger partial charge is 0.234 e. The van der Waals surface area contributed by atoms with Gasteiger partial charge in [0.1, 0.15) is 0 Å². The number of hydrogen-bond acceptors (Lipinski definition) is 2. The number of halogens is 1. The highest BCUT2D eigenvalue weighted by Gasteiger charge is 1.87. The molecule has 0 bridgehead atoms. The molecule has 0 amide bonds. The Hall–Kier alpha value is -0.690. The normalized spacial score (nSPS) is 8.90. The molecular formula is C7H12FNO. The first kappa shape index (κ1) is 9.31. The van der Waals surface area contributed by atoms with Crippen molar-refractivity contribution >= 4 is 6.08 Å². The summed E-state index contributed by atoms with van der Waals surface area (Å²) in [5.41, 5.74) is 0. The minimum absolute atomic E-state index is 0.239. The van der Waals surface area contributed by atoms with Gasteiger partial charge in [-0.05, 0) is 12.8 Å². The van der Waals surface area contributed by atoms with Crippen molar-refractivity contribution in [3.05, 3.63) is 0 Å². The van der Waals surface area contributed by atoms with Crippen molar-refractivity contribution in [1.82, 2.24) is 0 Å². The number of carbonyl (C=O) groups excluding carboxylic acids is 1. The Kier molecular flexibility index (Phi) is 7.74. The van der Waals surface area contributed by atoms with Gasteiger partial charge in [0.25, 0.3) is 0 Å². The van der Waals surface area contributed by atoms with E-state index in [4.69, 9.17) is 0 Å². The number of unbranched alkanes of at least 4 members (excludes halogenated alkanes) is 3. The minimum atomic E-state index is -0.239. The second-order valence-corrected chi connectivity index (χ2v) is 2.08. The minimum Gasteiger partial charge on any atom is -0.251 e. The molecule has 0 heterocycles. The van der Waals surface area contributed by atoms with Gasteiger partial charge in [-0.2, -0.15) is 0 Å². The Morgan fingerprint density at radius 2 is 1.90 bits per heavy atom. The van der Waals surface area contributed by atoms with E-state index in [1.165, 1.54) is 6.08 Å². The van der Waals surface area contributed by atoms with E-state index in [2.05, 4.69) is 4.99 Å². The van der Waals surface area contributed by atoms with Crippen LogP contribution < -0.4 is 0 Å². The van der Waals surface area contributed by atoms with Crippen molar-refractivity contribution in [3.8, 4) is 0 Å². The Bertz CT molecular complexity index is 110. The lowest BCUT2D eigenvalue weighted by Crippen LogP contribution is -1.82. The summed E-state index contributed by atoms with van der Waals surface area (Å²) in [4.78, 5) is 12.9. The first-order valence-corrected chi connectivity index (χ1v) is 3.51. The van der Waals surface area contributed by atoms with E-state index in [9.17, 15) is 9.18 Å². The summed E-state index contributed by atoms with van der Waals surface area (Å²) in [5, 5.41) is 0. The monoisotopic (exact) mass is 145 g/mol. The van der Waals surface area contributed by atoms with Crippen LogP contribution in [0.3, 0.4) is 0 Å². The van der Waals surface area contributed by atoms with Crippen LogP contribution in [-0.2, 0) is 4.79 Å². The van der Waals surface area contributed by atoms with Crippen molar-refractivity contribution in [3.63, 3.8) is 0 Å². The maximum Gasteiger partial charge on any atom is 0.234 e. The summed E-state index contributed by atoms with van der Waals surface area (Å²) < 4.78 is 11.5. The molecule has 0 spiro atoms. The molecule has 0 unspecified atom stereocenters. The summed E-state index contributed by atoms with van der Waals surface area (Å²) >= 11 is 0. The van der Waals surface area contributed by atoms with Gasteiger partial charge < -0.3 is 0 Å². The predicted octanol–water partition coefficient (Wildman–Crippen LogP) is 1.85. The Morgan fingerprint density at radius 3 is 2.50 bits per heavy atom. The van der Waals surface area contributed by atoms with E-state index in [-0.39, 0.29) is 6.67 Å². The van der Waals surface area contributed by atoms with Crippen LogP contribution in [0, 0.1) is 0 Å². The molecule has 58 valence electrons. The zero-order chi connectivity index (χ0) is 7.66. The van der Waals surface area contributed by atoms with E-state index in [1.54, 1.807) is 0 Å². The number of aliphatic imine (C=N–C) groups is 1. The molecule has 0 saturated heterocycles. The molecule has 0 aliphatic heterocycles. The fraction of sp³-hybridized carbons (Fsp3) is 0.857. The van der Waals surface area contributed by atoms with Crippen molar-refractivity contribution in [2.45, 2.75) is 25.7 Å². The SMILES string of the molecule is O=C=NCCCCCCF. The van der Waals surface area contributed by atoms with Gasteiger partial charge in [-0.1, -0.05) is 12.8 Å². The Balaban J connectivity index is 2.83. The quantitative estimate of drug-likeness (QED) is 0.318. The molecule has 0 N–H and O–H groups in total. The van der Waals surface area contributed by atoms with Crippen LogP contribution in [0.2, 0.25) is 0 Å². The van der Waals surface area contributed by atoms with Crippen molar-refractivity contribution < 1.29 is 9.18 Å². The van der Waals surface area contributed by atoms with Gasteiger partial charge in [-0.25, -0.2) is 9.79 Å². The second-order valence-electron chi connectivity index (χ2n) is 2.08. The lowest BCUT2D eigenvalue weighted by molar-refractivity contribution is 0.454. The standard InChI is InChI=1S/C7H12FNO/c8-5-3-1-2-4-6-9-7-10/h1-6H2. The first-order chi connectivity index (χ1) is 4.91. The average molecular weight is 145 g/mol.